The number of hydrogen-bond donors (Lipinski definition) is 0. The Morgan fingerprint density at radius 2 is 1.37 bits per heavy atom. The van der Waals surface area contributed by atoms with Crippen molar-refractivity contribution in [3.8, 4) is 0 Å². The molecule has 2 nitrogen and oxygen atoms in total. The molecule has 0 saturated heterocycles. The second-order valence-electron chi connectivity index (χ2n) is 9.54. The molecule has 0 aromatic heterocycles. The van der Waals surface area contributed by atoms with E-state index in [-0.39, 0.29) is 11.2 Å². The van der Waals surface area contributed by atoms with Crippen molar-refractivity contribution in [1.82, 2.24) is 0 Å². The Kier molecular flexibility index (Phi) is 6.39. The topological polar surface area (TPSA) is 12.2 Å². The molecule has 5 rings (SSSR count). The van der Waals surface area contributed by atoms with Crippen LogP contribution in [0.25, 0.3) is 11.3 Å². The second-order valence-corrected chi connectivity index (χ2v) is 9.54. The van der Waals surface area contributed by atoms with Gasteiger partial charge in [0.2, 0.25) is 11.5 Å². The summed E-state index contributed by atoms with van der Waals surface area (Å²) in [5.74, 6) is -10.5. The minimum atomic E-state index is -2.22. The molecule has 7 heteroatoms. The lowest BCUT2D eigenvalue weighted by atomic mass is 9.81. The number of halogens is 5. The van der Waals surface area contributed by atoms with Crippen LogP contribution in [0.4, 0.5) is 27.6 Å². The molecule has 0 radical (unpaired) electrons. The van der Waals surface area contributed by atoms with E-state index in [4.69, 9.17) is 4.74 Å². The normalized spacial score (nSPS) is 17.5. The highest BCUT2D eigenvalue weighted by atomic mass is 19.2. The standard InChI is InChI=1S/C31H23F5NO/c1-31(2)21-13-7-8-14-22(21)37(3)24(31)15-9-12-20-16-19(18-10-5-4-6-11-18)17-23(38-20)25-26(32)28(34)30(36)29(35)27(25)33/h4-17H,1-3H3/q+1/b15-9+,20-12+. The molecule has 0 atom stereocenters. The van der Waals surface area contributed by atoms with Gasteiger partial charge in [-0.05, 0) is 43.2 Å². The van der Waals surface area contributed by atoms with E-state index in [1.807, 2.05) is 31.3 Å². The number of rotatable bonds is 4. The molecule has 0 amide bonds. The molecule has 3 aromatic rings. The van der Waals surface area contributed by atoms with Crippen LogP contribution in [0.15, 0.2) is 90.7 Å². The van der Waals surface area contributed by atoms with E-state index >= 15 is 0 Å². The zero-order valence-corrected chi connectivity index (χ0v) is 20.8. The smallest absolute Gasteiger partial charge is 0.209 e. The van der Waals surface area contributed by atoms with Gasteiger partial charge in [0, 0.05) is 17.7 Å². The van der Waals surface area contributed by atoms with Crippen LogP contribution in [0, 0.1) is 29.1 Å². The number of hydrogen-bond acceptors (Lipinski definition) is 1. The van der Waals surface area contributed by atoms with Crippen molar-refractivity contribution in [1.29, 1.82) is 0 Å². The summed E-state index contributed by atoms with van der Waals surface area (Å²) in [6.45, 7) is 4.22. The van der Waals surface area contributed by atoms with E-state index in [1.165, 1.54) is 11.6 Å². The summed E-state index contributed by atoms with van der Waals surface area (Å²) < 4.78 is 78.7. The van der Waals surface area contributed by atoms with Crippen molar-refractivity contribution in [3.05, 3.63) is 137 Å². The van der Waals surface area contributed by atoms with Crippen molar-refractivity contribution in [3.63, 3.8) is 0 Å². The molecule has 192 valence electrons. The van der Waals surface area contributed by atoms with Gasteiger partial charge in [0.1, 0.15) is 18.6 Å². The average Bonchev–Trinajstić information content (AvgIpc) is 3.12. The number of benzene rings is 3. The van der Waals surface area contributed by atoms with Crippen LogP contribution in [0.2, 0.25) is 0 Å². The van der Waals surface area contributed by atoms with Gasteiger partial charge in [0.25, 0.3) is 0 Å². The predicted octanol–water partition coefficient (Wildman–Crippen LogP) is 7.98. The molecule has 3 aromatic carbocycles. The molecular formula is C31H23F5NO+. The number of allylic oxidation sites excluding steroid dienone is 6. The summed E-state index contributed by atoms with van der Waals surface area (Å²) in [5.41, 5.74) is 3.02. The SMILES string of the molecule is C[N+]1=C(/C=C/C=C2\C=C(c3ccccc3)C=C(c3c(F)c(F)c(F)c(F)c3F)O2)C(C)(C)c2ccccc21. The maximum absolute atomic E-state index is 14.7. The molecule has 0 bridgehead atoms. The minimum absolute atomic E-state index is 0.165. The zero-order valence-electron chi connectivity index (χ0n) is 20.8. The average molecular weight is 521 g/mol. The maximum atomic E-state index is 14.7. The van der Waals surface area contributed by atoms with Gasteiger partial charge in [-0.1, -0.05) is 54.6 Å². The third-order valence-electron chi connectivity index (χ3n) is 6.83. The first-order valence-electron chi connectivity index (χ1n) is 11.9. The van der Waals surface area contributed by atoms with Crippen LogP contribution in [-0.2, 0) is 10.2 Å². The van der Waals surface area contributed by atoms with Gasteiger partial charge in [-0.15, -0.1) is 0 Å². The van der Waals surface area contributed by atoms with Crippen LogP contribution in [0.1, 0.15) is 30.5 Å². The summed E-state index contributed by atoms with van der Waals surface area (Å²) in [6.07, 6.45) is 8.12. The van der Waals surface area contributed by atoms with E-state index in [2.05, 4.69) is 24.5 Å². The molecule has 2 heterocycles. The van der Waals surface area contributed by atoms with Crippen molar-refractivity contribution < 1.29 is 31.3 Å². The maximum Gasteiger partial charge on any atom is 0.209 e. The lowest BCUT2D eigenvalue weighted by Gasteiger charge is -2.19. The molecule has 2 aliphatic heterocycles. The molecule has 2 aliphatic rings. The van der Waals surface area contributed by atoms with Gasteiger partial charge < -0.3 is 4.74 Å². The Labute approximate surface area is 217 Å². The summed E-state index contributed by atoms with van der Waals surface area (Å²) in [5, 5.41) is 0. The quantitative estimate of drug-likeness (QED) is 0.147. The fourth-order valence-electron chi connectivity index (χ4n) is 4.88. The van der Waals surface area contributed by atoms with Gasteiger partial charge in [-0.3, -0.25) is 0 Å². The van der Waals surface area contributed by atoms with E-state index in [1.54, 1.807) is 48.6 Å². The van der Waals surface area contributed by atoms with E-state index in [0.717, 1.165) is 11.4 Å². The lowest BCUT2D eigenvalue weighted by Crippen LogP contribution is -2.26. The second kappa shape index (κ2) is 9.56. The van der Waals surface area contributed by atoms with Crippen molar-refractivity contribution >= 4 is 22.7 Å². The molecule has 0 aliphatic carbocycles. The van der Waals surface area contributed by atoms with Crippen molar-refractivity contribution in [2.45, 2.75) is 19.3 Å². The Hall–Kier alpha value is -4.26. The molecule has 0 spiro atoms. The minimum Gasteiger partial charge on any atom is -0.456 e. The molecule has 0 unspecified atom stereocenters. The van der Waals surface area contributed by atoms with Crippen LogP contribution in [-0.4, -0.2) is 17.3 Å². The van der Waals surface area contributed by atoms with Crippen molar-refractivity contribution in [2.24, 2.45) is 0 Å². The first-order chi connectivity index (χ1) is 18.1. The highest BCUT2D eigenvalue weighted by Crippen LogP contribution is 2.39. The van der Waals surface area contributed by atoms with Crippen LogP contribution >= 0.6 is 0 Å². The number of nitrogens with zero attached hydrogens (tertiary/aromatic N) is 1. The number of para-hydroxylation sites is 1. The zero-order chi connectivity index (χ0) is 27.2. The third kappa shape index (κ3) is 4.18. The largest absolute Gasteiger partial charge is 0.456 e. The van der Waals surface area contributed by atoms with Crippen molar-refractivity contribution in [2.75, 3.05) is 7.05 Å². The Morgan fingerprint density at radius 3 is 2.03 bits per heavy atom. The molecule has 38 heavy (non-hydrogen) atoms. The molecule has 0 fully saturated rings. The van der Waals surface area contributed by atoms with Gasteiger partial charge in [0.05, 0.1) is 11.0 Å². The summed E-state index contributed by atoms with van der Waals surface area (Å²) in [4.78, 5) is 0. The van der Waals surface area contributed by atoms with Crippen LogP contribution < -0.4 is 0 Å². The third-order valence-corrected chi connectivity index (χ3v) is 6.83. The summed E-state index contributed by atoms with van der Waals surface area (Å²) in [6, 6.07) is 16.9. The van der Waals surface area contributed by atoms with Crippen LogP contribution in [0.3, 0.4) is 0 Å². The van der Waals surface area contributed by atoms with Crippen LogP contribution in [0.5, 0.6) is 0 Å². The van der Waals surface area contributed by atoms with E-state index < -0.39 is 40.4 Å². The molecule has 0 saturated carbocycles. The fraction of sp³-hybridized carbons (Fsp3) is 0.129. The van der Waals surface area contributed by atoms with Gasteiger partial charge in [-0.2, -0.15) is 4.58 Å². The van der Waals surface area contributed by atoms with Gasteiger partial charge in [-0.25, -0.2) is 22.0 Å². The monoisotopic (exact) mass is 520 g/mol. The van der Waals surface area contributed by atoms with Gasteiger partial charge >= 0.3 is 0 Å². The molecule has 0 N–H and O–H groups in total. The highest BCUT2D eigenvalue weighted by Gasteiger charge is 2.42. The first-order valence-corrected chi connectivity index (χ1v) is 11.9. The fourth-order valence-corrected chi connectivity index (χ4v) is 4.88. The highest BCUT2D eigenvalue weighted by molar-refractivity contribution is 6.03. The lowest BCUT2D eigenvalue weighted by molar-refractivity contribution is -0.401. The number of fused-ring (bicyclic) bond motifs is 1. The summed E-state index contributed by atoms with van der Waals surface area (Å²) in [7, 11) is 1.97. The first kappa shape index (κ1) is 25.4. The Bertz CT molecular complexity index is 1580. The molecular weight excluding hydrogens is 497 g/mol. The Morgan fingerprint density at radius 1 is 0.763 bits per heavy atom. The van der Waals surface area contributed by atoms with Gasteiger partial charge in [0.15, 0.2) is 29.0 Å². The Balaban J connectivity index is 1.57. The summed E-state index contributed by atoms with van der Waals surface area (Å²) >= 11 is 0. The van der Waals surface area contributed by atoms with E-state index in [0.29, 0.717) is 11.1 Å². The predicted molar refractivity (Wildman–Crippen MR) is 137 cm³/mol. The number of ether oxygens (including phenoxy) is 1. The van der Waals surface area contributed by atoms with E-state index in [9.17, 15) is 22.0 Å².